The van der Waals surface area contributed by atoms with Crippen molar-refractivity contribution in [2.24, 2.45) is 5.92 Å². The zero-order valence-electron chi connectivity index (χ0n) is 16.9. The quantitative estimate of drug-likeness (QED) is 0.754. The van der Waals surface area contributed by atoms with E-state index in [2.05, 4.69) is 59.7 Å². The number of carbonyl (C=O) groups excluding carboxylic acids is 1. The van der Waals surface area contributed by atoms with Crippen LogP contribution in [0.4, 0.5) is 0 Å². The van der Waals surface area contributed by atoms with Gasteiger partial charge < -0.3 is 9.80 Å². The maximum Gasteiger partial charge on any atom is 0.223 e. The van der Waals surface area contributed by atoms with Gasteiger partial charge >= 0.3 is 0 Å². The third kappa shape index (κ3) is 4.98. The fourth-order valence-corrected chi connectivity index (χ4v) is 3.98. The summed E-state index contributed by atoms with van der Waals surface area (Å²) < 4.78 is 2.09. The molecular formula is C22H32N4O. The van der Waals surface area contributed by atoms with Crippen molar-refractivity contribution < 1.29 is 4.79 Å². The molecule has 5 heteroatoms. The Kier molecular flexibility index (Phi) is 6.67. The summed E-state index contributed by atoms with van der Waals surface area (Å²) in [5.41, 5.74) is 3.67. The van der Waals surface area contributed by atoms with Crippen LogP contribution in [0.2, 0.25) is 0 Å². The van der Waals surface area contributed by atoms with Gasteiger partial charge in [-0.15, -0.1) is 0 Å². The molecule has 1 aromatic carbocycles. The van der Waals surface area contributed by atoms with Crippen molar-refractivity contribution in [3.63, 3.8) is 0 Å². The van der Waals surface area contributed by atoms with E-state index in [1.54, 1.807) is 0 Å². The highest BCUT2D eigenvalue weighted by Gasteiger charge is 2.26. The Morgan fingerprint density at radius 3 is 2.70 bits per heavy atom. The molecule has 0 saturated carbocycles. The number of aromatic nitrogens is 2. The zero-order chi connectivity index (χ0) is 19.2. The second-order valence-electron chi connectivity index (χ2n) is 7.56. The van der Waals surface area contributed by atoms with Crippen molar-refractivity contribution in [1.82, 2.24) is 19.6 Å². The van der Waals surface area contributed by atoms with Gasteiger partial charge in [-0.3, -0.25) is 9.48 Å². The molecule has 0 unspecified atom stereocenters. The highest BCUT2D eigenvalue weighted by atomic mass is 16.2. The SMILES string of the molecule is CCN(CC)C[C@H]1CN(C(=O)CCc2ccccc2C)Cc2ccnn2C1. The fourth-order valence-electron chi connectivity index (χ4n) is 3.98. The summed E-state index contributed by atoms with van der Waals surface area (Å²) in [7, 11) is 0. The largest absolute Gasteiger partial charge is 0.336 e. The molecule has 0 bridgehead atoms. The van der Waals surface area contributed by atoms with Crippen LogP contribution in [0.5, 0.6) is 0 Å². The maximum absolute atomic E-state index is 13.0. The van der Waals surface area contributed by atoms with Gasteiger partial charge in [-0.25, -0.2) is 0 Å². The Balaban J connectivity index is 1.69. The number of aryl methyl sites for hydroxylation is 2. The van der Waals surface area contributed by atoms with Crippen LogP contribution in [-0.4, -0.2) is 51.7 Å². The summed E-state index contributed by atoms with van der Waals surface area (Å²) in [6.07, 6.45) is 3.23. The minimum Gasteiger partial charge on any atom is -0.336 e. The first-order valence-electron chi connectivity index (χ1n) is 10.2. The monoisotopic (exact) mass is 368 g/mol. The van der Waals surface area contributed by atoms with Gasteiger partial charge in [0.2, 0.25) is 5.91 Å². The molecule has 0 radical (unpaired) electrons. The van der Waals surface area contributed by atoms with Crippen molar-refractivity contribution >= 4 is 5.91 Å². The number of benzene rings is 1. The van der Waals surface area contributed by atoms with E-state index in [0.717, 1.165) is 44.8 Å². The molecule has 0 aliphatic carbocycles. The van der Waals surface area contributed by atoms with Gasteiger partial charge in [0.1, 0.15) is 0 Å². The highest BCUT2D eigenvalue weighted by Crippen LogP contribution is 2.19. The second-order valence-corrected chi connectivity index (χ2v) is 7.56. The Morgan fingerprint density at radius 2 is 1.96 bits per heavy atom. The third-order valence-corrected chi connectivity index (χ3v) is 5.70. The van der Waals surface area contributed by atoms with E-state index in [-0.39, 0.29) is 5.91 Å². The molecule has 5 nitrogen and oxygen atoms in total. The maximum atomic E-state index is 13.0. The first kappa shape index (κ1) is 19.6. The summed E-state index contributed by atoms with van der Waals surface area (Å²) in [5, 5.41) is 4.49. The lowest BCUT2D eigenvalue weighted by molar-refractivity contribution is -0.132. The van der Waals surface area contributed by atoms with Gasteiger partial charge in [-0.05, 0) is 43.6 Å². The molecular weight excluding hydrogens is 336 g/mol. The van der Waals surface area contributed by atoms with Crippen molar-refractivity contribution in [2.75, 3.05) is 26.2 Å². The topological polar surface area (TPSA) is 41.4 Å². The summed E-state index contributed by atoms with van der Waals surface area (Å²) in [6, 6.07) is 10.4. The van der Waals surface area contributed by atoms with E-state index in [0.29, 0.717) is 18.9 Å². The van der Waals surface area contributed by atoms with Gasteiger partial charge in [0.05, 0.1) is 12.2 Å². The summed E-state index contributed by atoms with van der Waals surface area (Å²) >= 11 is 0. The van der Waals surface area contributed by atoms with Crippen molar-refractivity contribution in [2.45, 2.75) is 46.7 Å². The highest BCUT2D eigenvalue weighted by molar-refractivity contribution is 5.76. The fraction of sp³-hybridized carbons (Fsp3) is 0.545. The van der Waals surface area contributed by atoms with Crippen LogP contribution in [0.3, 0.4) is 0 Å². The summed E-state index contributed by atoms with van der Waals surface area (Å²) in [4.78, 5) is 17.5. The van der Waals surface area contributed by atoms with Gasteiger partial charge in [0.25, 0.3) is 0 Å². The minimum atomic E-state index is 0.248. The molecule has 1 aliphatic heterocycles. The summed E-state index contributed by atoms with van der Waals surface area (Å²) in [5.74, 6) is 0.658. The van der Waals surface area contributed by atoms with E-state index >= 15 is 0 Å². The van der Waals surface area contributed by atoms with E-state index < -0.39 is 0 Å². The lowest BCUT2D eigenvalue weighted by atomic mass is 10.0. The Hall–Kier alpha value is -2.14. The third-order valence-electron chi connectivity index (χ3n) is 5.70. The second kappa shape index (κ2) is 9.18. The lowest BCUT2D eigenvalue weighted by Gasteiger charge is -2.28. The standard InChI is InChI=1S/C22H32N4O/c1-4-24(5-2)14-19-15-25(17-21-12-13-23-26(21)16-19)22(27)11-10-20-9-7-6-8-18(20)3/h6-9,12-13,19H,4-5,10-11,14-17H2,1-3H3/t19-/m0/s1. The molecule has 1 amide bonds. The zero-order valence-corrected chi connectivity index (χ0v) is 16.9. The molecule has 1 aliphatic rings. The van der Waals surface area contributed by atoms with E-state index in [1.807, 2.05) is 17.2 Å². The number of carbonyl (C=O) groups is 1. The van der Waals surface area contributed by atoms with Gasteiger partial charge in [-0.2, -0.15) is 5.10 Å². The molecule has 1 aromatic heterocycles. The molecule has 1 atom stereocenters. The first-order valence-corrected chi connectivity index (χ1v) is 10.2. The van der Waals surface area contributed by atoms with E-state index in [4.69, 9.17) is 0 Å². The molecule has 0 N–H and O–H groups in total. The normalized spacial score (nSPS) is 17.0. The van der Waals surface area contributed by atoms with E-state index in [9.17, 15) is 4.79 Å². The van der Waals surface area contributed by atoms with Crippen molar-refractivity contribution in [3.8, 4) is 0 Å². The molecule has 0 saturated heterocycles. The number of rotatable bonds is 7. The molecule has 0 fully saturated rings. The smallest absolute Gasteiger partial charge is 0.223 e. The van der Waals surface area contributed by atoms with Crippen molar-refractivity contribution in [3.05, 3.63) is 53.3 Å². The molecule has 27 heavy (non-hydrogen) atoms. The molecule has 3 rings (SSSR count). The van der Waals surface area contributed by atoms with Gasteiger partial charge in [0, 0.05) is 38.2 Å². The number of amides is 1. The number of hydrogen-bond acceptors (Lipinski definition) is 3. The minimum absolute atomic E-state index is 0.248. The average Bonchev–Trinajstić information content (AvgIpc) is 3.03. The molecule has 2 aromatic rings. The molecule has 146 valence electrons. The number of nitrogens with zero attached hydrogens (tertiary/aromatic N) is 4. The van der Waals surface area contributed by atoms with Crippen LogP contribution >= 0.6 is 0 Å². The van der Waals surface area contributed by atoms with Crippen LogP contribution in [0.25, 0.3) is 0 Å². The van der Waals surface area contributed by atoms with Gasteiger partial charge in [0.15, 0.2) is 0 Å². The Morgan fingerprint density at radius 1 is 1.19 bits per heavy atom. The average molecular weight is 369 g/mol. The van der Waals surface area contributed by atoms with Crippen LogP contribution < -0.4 is 0 Å². The van der Waals surface area contributed by atoms with Crippen LogP contribution in [0.15, 0.2) is 36.5 Å². The number of hydrogen-bond donors (Lipinski definition) is 0. The van der Waals surface area contributed by atoms with Crippen LogP contribution in [-0.2, 0) is 24.3 Å². The van der Waals surface area contributed by atoms with Crippen LogP contribution in [0, 0.1) is 12.8 Å². The summed E-state index contributed by atoms with van der Waals surface area (Å²) in [6.45, 7) is 12.0. The van der Waals surface area contributed by atoms with Crippen molar-refractivity contribution in [1.29, 1.82) is 0 Å². The molecule has 2 heterocycles. The first-order chi connectivity index (χ1) is 13.1. The van der Waals surface area contributed by atoms with Gasteiger partial charge in [-0.1, -0.05) is 38.1 Å². The van der Waals surface area contributed by atoms with E-state index in [1.165, 1.54) is 11.1 Å². The van der Waals surface area contributed by atoms with Crippen LogP contribution in [0.1, 0.15) is 37.1 Å². The molecule has 0 spiro atoms. The Labute approximate surface area is 163 Å². The number of fused-ring (bicyclic) bond motifs is 1. The predicted octanol–water partition coefficient (Wildman–Crippen LogP) is 3.12. The Bertz CT molecular complexity index is 750. The lowest BCUT2D eigenvalue weighted by Crippen LogP contribution is -2.39. The predicted molar refractivity (Wildman–Crippen MR) is 108 cm³/mol.